The fraction of sp³-hybridized carbons (Fsp3) is 0.462. The van der Waals surface area contributed by atoms with Gasteiger partial charge in [0.2, 0.25) is 0 Å². The molecule has 0 amide bonds. The summed E-state index contributed by atoms with van der Waals surface area (Å²) >= 11 is 0. The molecule has 1 aliphatic heterocycles. The first-order chi connectivity index (χ1) is 16.8. The molecular formula is C26H33N3O5. The first-order valence-corrected chi connectivity index (χ1v) is 11.8. The number of benzene rings is 2. The molecule has 182 valence electrons. The SMILES string of the molecule is c1ccc(C[C@@H]2COCCOCCOC[C@@H](Cc3ccccc3)OCc3nc(n[nH]3)CO2)cc1. The van der Waals surface area contributed by atoms with Crippen molar-refractivity contribution in [3.63, 3.8) is 0 Å². The molecule has 1 N–H and O–H groups in total. The number of ether oxygens (including phenoxy) is 5. The van der Waals surface area contributed by atoms with Crippen molar-refractivity contribution < 1.29 is 23.7 Å². The Balaban J connectivity index is 1.37. The molecule has 0 unspecified atom stereocenters. The average Bonchev–Trinajstić information content (AvgIpc) is 3.33. The van der Waals surface area contributed by atoms with Gasteiger partial charge in [-0.25, -0.2) is 4.98 Å². The number of fused-ring (bicyclic) bond motifs is 2. The van der Waals surface area contributed by atoms with Crippen LogP contribution in [-0.4, -0.2) is 67.0 Å². The van der Waals surface area contributed by atoms with Gasteiger partial charge in [-0.3, -0.25) is 5.10 Å². The maximum atomic E-state index is 6.13. The third kappa shape index (κ3) is 8.62. The molecule has 0 aliphatic carbocycles. The summed E-state index contributed by atoms with van der Waals surface area (Å²) in [5.41, 5.74) is 2.39. The number of rotatable bonds is 4. The van der Waals surface area contributed by atoms with Gasteiger partial charge in [0.25, 0.3) is 0 Å². The Kier molecular flexibility index (Phi) is 10.0. The van der Waals surface area contributed by atoms with E-state index in [4.69, 9.17) is 23.7 Å². The molecule has 1 aromatic heterocycles. The van der Waals surface area contributed by atoms with Gasteiger partial charge in [0.05, 0.1) is 51.8 Å². The van der Waals surface area contributed by atoms with E-state index in [-0.39, 0.29) is 12.2 Å². The van der Waals surface area contributed by atoms with Crippen molar-refractivity contribution in [2.24, 2.45) is 0 Å². The van der Waals surface area contributed by atoms with E-state index >= 15 is 0 Å². The molecule has 0 saturated heterocycles. The minimum Gasteiger partial charge on any atom is -0.377 e. The zero-order chi connectivity index (χ0) is 23.3. The molecule has 2 aromatic carbocycles. The molecule has 0 saturated carbocycles. The molecule has 2 heterocycles. The first kappa shape index (κ1) is 24.5. The van der Waals surface area contributed by atoms with E-state index in [1.54, 1.807) is 0 Å². The Bertz CT molecular complexity index is 864. The van der Waals surface area contributed by atoms with Gasteiger partial charge in [0.1, 0.15) is 13.2 Å². The zero-order valence-electron chi connectivity index (χ0n) is 19.4. The van der Waals surface area contributed by atoms with Gasteiger partial charge < -0.3 is 23.7 Å². The molecule has 3 aromatic rings. The lowest BCUT2D eigenvalue weighted by Crippen LogP contribution is -2.25. The summed E-state index contributed by atoms with van der Waals surface area (Å²) in [6.45, 7) is 3.58. The summed E-state index contributed by atoms with van der Waals surface area (Å²) in [5, 5.41) is 7.25. The number of aromatic nitrogens is 3. The molecular weight excluding hydrogens is 434 g/mol. The van der Waals surface area contributed by atoms with Crippen molar-refractivity contribution in [2.75, 3.05) is 39.6 Å². The van der Waals surface area contributed by atoms with Crippen molar-refractivity contribution in [2.45, 2.75) is 38.3 Å². The molecule has 0 fully saturated rings. The van der Waals surface area contributed by atoms with Gasteiger partial charge in [-0.15, -0.1) is 0 Å². The van der Waals surface area contributed by atoms with Crippen LogP contribution < -0.4 is 0 Å². The highest BCUT2D eigenvalue weighted by molar-refractivity contribution is 5.16. The van der Waals surface area contributed by atoms with Crippen LogP contribution in [0.15, 0.2) is 60.7 Å². The van der Waals surface area contributed by atoms with Gasteiger partial charge in [-0.2, -0.15) is 5.10 Å². The molecule has 0 radical (unpaired) electrons. The Morgan fingerprint density at radius 2 is 1.21 bits per heavy atom. The van der Waals surface area contributed by atoms with E-state index in [2.05, 4.69) is 39.4 Å². The number of nitrogens with one attached hydrogen (secondary N) is 1. The van der Waals surface area contributed by atoms with Crippen LogP contribution in [0.2, 0.25) is 0 Å². The Hall–Kier alpha value is -2.62. The fourth-order valence-electron chi connectivity index (χ4n) is 3.71. The summed E-state index contributed by atoms with van der Waals surface area (Å²) in [6, 6.07) is 20.5. The van der Waals surface area contributed by atoms with Crippen molar-refractivity contribution in [3.05, 3.63) is 83.4 Å². The second-order valence-corrected chi connectivity index (χ2v) is 8.21. The van der Waals surface area contributed by atoms with E-state index in [0.717, 1.165) is 12.8 Å². The van der Waals surface area contributed by atoms with Crippen LogP contribution in [0.3, 0.4) is 0 Å². The highest BCUT2D eigenvalue weighted by atomic mass is 16.6. The largest absolute Gasteiger partial charge is 0.377 e. The number of nitrogens with zero attached hydrogens (tertiary/aromatic N) is 2. The maximum Gasteiger partial charge on any atom is 0.176 e. The van der Waals surface area contributed by atoms with Crippen LogP contribution in [0.25, 0.3) is 0 Å². The van der Waals surface area contributed by atoms with Crippen molar-refractivity contribution in [3.8, 4) is 0 Å². The Labute approximate surface area is 200 Å². The van der Waals surface area contributed by atoms with Crippen molar-refractivity contribution in [1.82, 2.24) is 15.2 Å². The highest BCUT2D eigenvalue weighted by Gasteiger charge is 2.16. The predicted octanol–water partition coefficient (Wildman–Crippen LogP) is 3.12. The standard InChI is InChI=1S/C26H33N3O5/c1-3-7-21(8-4-1)15-23-17-31-13-11-30-12-14-32-18-24(16-22-9-5-2-6-10-22)34-20-26-27-25(19-33-23)28-29-26/h1-10,23-24H,11-20H2,(H,27,28,29)/t23-,24-/m1/s1. The lowest BCUT2D eigenvalue weighted by Gasteiger charge is -2.19. The zero-order valence-corrected chi connectivity index (χ0v) is 19.4. The Morgan fingerprint density at radius 1 is 0.676 bits per heavy atom. The monoisotopic (exact) mass is 467 g/mol. The van der Waals surface area contributed by atoms with Crippen LogP contribution in [0.5, 0.6) is 0 Å². The highest BCUT2D eigenvalue weighted by Crippen LogP contribution is 2.11. The van der Waals surface area contributed by atoms with E-state index in [1.807, 2.05) is 36.4 Å². The van der Waals surface area contributed by atoms with Crippen LogP contribution in [0, 0.1) is 0 Å². The van der Waals surface area contributed by atoms with Gasteiger partial charge in [0.15, 0.2) is 11.6 Å². The topological polar surface area (TPSA) is 87.7 Å². The molecule has 34 heavy (non-hydrogen) atoms. The second kappa shape index (κ2) is 13.9. The van der Waals surface area contributed by atoms with Gasteiger partial charge in [0, 0.05) is 12.8 Å². The molecule has 8 heteroatoms. The lowest BCUT2D eigenvalue weighted by atomic mass is 10.1. The minimum absolute atomic E-state index is 0.107. The first-order valence-electron chi connectivity index (χ1n) is 11.8. The summed E-state index contributed by atoms with van der Waals surface area (Å²) in [4.78, 5) is 4.54. The minimum atomic E-state index is -0.113. The van der Waals surface area contributed by atoms with E-state index in [9.17, 15) is 0 Å². The average molecular weight is 468 g/mol. The molecule has 4 rings (SSSR count). The predicted molar refractivity (Wildman–Crippen MR) is 126 cm³/mol. The van der Waals surface area contributed by atoms with Crippen molar-refractivity contribution >= 4 is 0 Å². The fourth-order valence-corrected chi connectivity index (χ4v) is 3.71. The maximum absolute atomic E-state index is 6.13. The molecule has 2 atom stereocenters. The van der Waals surface area contributed by atoms with Crippen molar-refractivity contribution in [1.29, 1.82) is 0 Å². The summed E-state index contributed by atoms with van der Waals surface area (Å²) in [6.07, 6.45) is 1.28. The molecule has 0 spiro atoms. The lowest BCUT2D eigenvalue weighted by molar-refractivity contribution is -0.0545. The van der Waals surface area contributed by atoms with Crippen LogP contribution in [0.4, 0.5) is 0 Å². The van der Waals surface area contributed by atoms with E-state index in [0.29, 0.717) is 64.5 Å². The van der Waals surface area contributed by atoms with Gasteiger partial charge >= 0.3 is 0 Å². The summed E-state index contributed by atoms with van der Waals surface area (Å²) in [5.74, 6) is 1.26. The normalized spacial score (nSPS) is 21.4. The van der Waals surface area contributed by atoms with E-state index in [1.165, 1.54) is 11.1 Å². The smallest absolute Gasteiger partial charge is 0.176 e. The van der Waals surface area contributed by atoms with Crippen LogP contribution in [0.1, 0.15) is 22.8 Å². The van der Waals surface area contributed by atoms with Crippen LogP contribution in [-0.2, 0) is 49.7 Å². The third-order valence-corrected chi connectivity index (χ3v) is 5.45. The Morgan fingerprint density at radius 3 is 1.79 bits per heavy atom. The molecule has 8 nitrogen and oxygen atoms in total. The summed E-state index contributed by atoms with van der Waals surface area (Å²) in [7, 11) is 0. The van der Waals surface area contributed by atoms with E-state index < -0.39 is 0 Å². The number of hydrogen-bond acceptors (Lipinski definition) is 7. The number of hydrogen-bond donors (Lipinski definition) is 1. The molecule has 2 bridgehead atoms. The third-order valence-electron chi connectivity index (χ3n) is 5.45. The number of aromatic amines is 1. The molecule has 1 aliphatic rings. The summed E-state index contributed by atoms with van der Waals surface area (Å²) < 4.78 is 29.5. The second-order valence-electron chi connectivity index (χ2n) is 8.21. The number of H-pyrrole nitrogens is 1. The van der Waals surface area contributed by atoms with Gasteiger partial charge in [-0.05, 0) is 11.1 Å². The van der Waals surface area contributed by atoms with Crippen LogP contribution >= 0.6 is 0 Å². The van der Waals surface area contributed by atoms with Gasteiger partial charge in [-0.1, -0.05) is 60.7 Å². The quantitative estimate of drug-likeness (QED) is 0.631.